The number of rotatable bonds is 9. The maximum atomic E-state index is 12.2. The number of hydrogen-bond donors (Lipinski definition) is 2. The number of phenolic OH excluding ortho intramolecular Hbond substituents is 1. The molecular formula is C31H33N2O2Se. The van der Waals surface area contributed by atoms with Gasteiger partial charge in [-0.05, 0) is 19.3 Å². The van der Waals surface area contributed by atoms with Crippen LogP contribution in [0.4, 0.5) is 0 Å². The van der Waals surface area contributed by atoms with Gasteiger partial charge in [0.2, 0.25) is 0 Å². The minimum atomic E-state index is 0.197. The second-order valence-electron chi connectivity index (χ2n) is 9.91. The van der Waals surface area contributed by atoms with Gasteiger partial charge in [0.15, 0.2) is 0 Å². The van der Waals surface area contributed by atoms with Crippen molar-refractivity contribution in [3.8, 4) is 28.1 Å². The first-order valence-electron chi connectivity index (χ1n) is 13.0. The van der Waals surface area contributed by atoms with E-state index in [2.05, 4.69) is 75.3 Å². The molecule has 5 rings (SSSR count). The van der Waals surface area contributed by atoms with Gasteiger partial charge in [-0.3, -0.25) is 0 Å². The number of unbranched alkanes of at least 4 members (excludes halogenated alkanes) is 2. The number of aromatic nitrogens is 1. The van der Waals surface area contributed by atoms with Gasteiger partial charge in [-0.15, -0.1) is 0 Å². The van der Waals surface area contributed by atoms with Crippen LogP contribution in [0, 0.1) is 6.92 Å². The Morgan fingerprint density at radius 2 is 1.81 bits per heavy atom. The number of benzene rings is 3. The molecule has 0 unspecified atom stereocenters. The predicted octanol–water partition coefficient (Wildman–Crippen LogP) is 6.01. The van der Waals surface area contributed by atoms with Crippen LogP contribution in [0.25, 0.3) is 33.3 Å². The molecule has 1 radical (unpaired) electrons. The van der Waals surface area contributed by atoms with E-state index < -0.39 is 0 Å². The second kappa shape index (κ2) is 10.9. The van der Waals surface area contributed by atoms with Crippen LogP contribution in [-0.2, 0) is 11.3 Å². The van der Waals surface area contributed by atoms with Gasteiger partial charge in [-0.1, -0.05) is 0 Å². The van der Waals surface area contributed by atoms with Crippen molar-refractivity contribution in [3.63, 3.8) is 0 Å². The Morgan fingerprint density at radius 3 is 2.53 bits per heavy atom. The molecule has 36 heavy (non-hydrogen) atoms. The van der Waals surface area contributed by atoms with Crippen LogP contribution in [0.15, 0.2) is 66.7 Å². The molecule has 0 spiro atoms. The second-order valence-corrected chi connectivity index (χ2v) is 10.8. The monoisotopic (exact) mass is 545 g/mol. The van der Waals surface area contributed by atoms with Crippen molar-refractivity contribution in [1.82, 2.24) is 9.88 Å². The standard InChI is InChI=1S/C31H33N2O2Se/c1-21-27-20-25(34)15-17-28(27)33(18-7-3-6-13-30(35)32-24-11-8-12-24)31(21)26-16-14-23(19-29(26)36)22-9-4-2-5-10-22/h2,4-5,9-10,14-17,19-20,24,34H,3,6-8,11-13,18H2,1H3,(H,32,35). The van der Waals surface area contributed by atoms with Crippen LogP contribution < -0.4 is 9.78 Å². The third-order valence-corrected chi connectivity index (χ3v) is 8.11. The summed E-state index contributed by atoms with van der Waals surface area (Å²) in [6, 6.07) is 23.1. The SMILES string of the molecule is Cc1c(-c2ccc(-c3ccccc3)cc2[Se])n(CCCCCC(=O)NC2CCC2)c2ccc(O)cc12. The number of hydrogen-bond acceptors (Lipinski definition) is 2. The van der Waals surface area contributed by atoms with E-state index in [9.17, 15) is 9.90 Å². The first-order valence-corrected chi connectivity index (χ1v) is 13.8. The molecule has 1 fully saturated rings. The molecule has 4 aromatic rings. The van der Waals surface area contributed by atoms with Crippen LogP contribution in [-0.4, -0.2) is 37.6 Å². The van der Waals surface area contributed by atoms with Gasteiger partial charge in [0.25, 0.3) is 0 Å². The van der Waals surface area contributed by atoms with Crippen LogP contribution in [0.2, 0.25) is 0 Å². The van der Waals surface area contributed by atoms with Crippen LogP contribution in [0.5, 0.6) is 5.75 Å². The molecule has 1 aliphatic rings. The van der Waals surface area contributed by atoms with Gasteiger partial charge in [0, 0.05) is 0 Å². The Hall–Kier alpha value is -3.01. The number of phenols is 1. The van der Waals surface area contributed by atoms with E-state index in [-0.39, 0.29) is 11.7 Å². The summed E-state index contributed by atoms with van der Waals surface area (Å²) in [5.41, 5.74) is 7.05. The Labute approximate surface area is 221 Å². The van der Waals surface area contributed by atoms with Gasteiger partial charge in [0.05, 0.1) is 0 Å². The Kier molecular flexibility index (Phi) is 7.50. The third kappa shape index (κ3) is 5.23. The van der Waals surface area contributed by atoms with Crippen molar-refractivity contribution < 1.29 is 9.90 Å². The van der Waals surface area contributed by atoms with Crippen molar-refractivity contribution in [2.75, 3.05) is 0 Å². The van der Waals surface area contributed by atoms with E-state index in [4.69, 9.17) is 0 Å². The van der Waals surface area contributed by atoms with E-state index in [1.165, 1.54) is 34.4 Å². The van der Waals surface area contributed by atoms with Crippen molar-refractivity contribution in [1.29, 1.82) is 0 Å². The fourth-order valence-corrected chi connectivity index (χ4v) is 5.81. The number of nitrogens with zero attached hydrogens (tertiary/aromatic N) is 1. The molecule has 0 saturated heterocycles. The molecule has 3 aromatic carbocycles. The normalized spacial score (nSPS) is 13.6. The Balaban J connectivity index is 1.37. The summed E-state index contributed by atoms with van der Waals surface area (Å²) < 4.78 is 3.50. The zero-order chi connectivity index (χ0) is 25.1. The van der Waals surface area contributed by atoms with Gasteiger partial charge in [-0.2, -0.15) is 0 Å². The van der Waals surface area contributed by atoms with E-state index in [1.54, 1.807) is 6.07 Å². The fourth-order valence-electron chi connectivity index (χ4n) is 5.20. The zero-order valence-electron chi connectivity index (χ0n) is 20.8. The summed E-state index contributed by atoms with van der Waals surface area (Å²) in [7, 11) is 0. The van der Waals surface area contributed by atoms with Gasteiger partial charge < -0.3 is 0 Å². The molecule has 5 heteroatoms. The summed E-state index contributed by atoms with van der Waals surface area (Å²) in [4.78, 5) is 12.2. The molecule has 1 amide bonds. The summed E-state index contributed by atoms with van der Waals surface area (Å²) in [5, 5.41) is 14.4. The van der Waals surface area contributed by atoms with E-state index in [1.807, 2.05) is 18.2 Å². The van der Waals surface area contributed by atoms with E-state index in [0.29, 0.717) is 12.5 Å². The van der Waals surface area contributed by atoms with Gasteiger partial charge in [0.1, 0.15) is 0 Å². The Morgan fingerprint density at radius 1 is 1.00 bits per heavy atom. The van der Waals surface area contributed by atoms with Crippen molar-refractivity contribution in [3.05, 3.63) is 72.3 Å². The number of aryl methyl sites for hydroxylation is 2. The molecular weight excluding hydrogens is 511 g/mol. The van der Waals surface area contributed by atoms with Crippen molar-refractivity contribution >= 4 is 37.3 Å². The van der Waals surface area contributed by atoms with Crippen LogP contribution in [0.1, 0.15) is 50.5 Å². The van der Waals surface area contributed by atoms with Crippen LogP contribution >= 0.6 is 0 Å². The summed E-state index contributed by atoms with van der Waals surface area (Å²) in [6.45, 7) is 3.01. The summed E-state index contributed by atoms with van der Waals surface area (Å²) >= 11 is 3.30. The zero-order valence-corrected chi connectivity index (χ0v) is 22.5. The molecule has 0 aliphatic heterocycles. The summed E-state index contributed by atoms with van der Waals surface area (Å²) in [6.07, 6.45) is 7.02. The maximum absolute atomic E-state index is 12.2. The number of amides is 1. The molecule has 4 nitrogen and oxygen atoms in total. The van der Waals surface area contributed by atoms with Crippen LogP contribution in [0.3, 0.4) is 0 Å². The summed E-state index contributed by atoms with van der Waals surface area (Å²) in [5.74, 6) is 0.484. The molecule has 0 bridgehead atoms. The molecule has 0 atom stereocenters. The molecule has 1 aliphatic carbocycles. The fraction of sp³-hybridized carbons (Fsp3) is 0.323. The number of aromatic hydroxyl groups is 1. The number of carbonyl (C=O) groups excluding carboxylic acids is 1. The first-order chi connectivity index (χ1) is 17.5. The number of nitrogens with one attached hydrogen (secondary N) is 1. The topological polar surface area (TPSA) is 54.3 Å². The molecule has 185 valence electrons. The molecule has 1 aromatic heterocycles. The van der Waals surface area contributed by atoms with Gasteiger partial charge in [-0.25, -0.2) is 0 Å². The quantitative estimate of drug-likeness (QED) is 0.200. The molecule has 1 heterocycles. The third-order valence-electron chi connectivity index (χ3n) is 7.40. The van der Waals surface area contributed by atoms with Crippen molar-refractivity contribution in [2.45, 2.75) is 64.5 Å². The Bertz CT molecular complexity index is 1370. The van der Waals surface area contributed by atoms with Crippen molar-refractivity contribution in [2.24, 2.45) is 0 Å². The number of fused-ring (bicyclic) bond motifs is 1. The number of carbonyl (C=O) groups is 1. The van der Waals surface area contributed by atoms with E-state index in [0.717, 1.165) is 54.0 Å². The van der Waals surface area contributed by atoms with Gasteiger partial charge >= 0.3 is 203 Å². The minimum absolute atomic E-state index is 0.197. The molecule has 1 saturated carbocycles. The average Bonchev–Trinajstić information content (AvgIpc) is 3.12. The first kappa shape index (κ1) is 24.7. The average molecular weight is 545 g/mol. The van der Waals surface area contributed by atoms with E-state index >= 15 is 0 Å². The predicted molar refractivity (Wildman–Crippen MR) is 149 cm³/mol. The molecule has 2 N–H and O–H groups in total.